The van der Waals surface area contributed by atoms with Gasteiger partial charge in [0.25, 0.3) is 0 Å². The zero-order valence-electron chi connectivity index (χ0n) is 16.1. The molecule has 0 radical (unpaired) electrons. The minimum atomic E-state index is -2.18. The van der Waals surface area contributed by atoms with Crippen molar-refractivity contribution in [2.24, 2.45) is 5.92 Å². The Morgan fingerprint density at radius 3 is 2.43 bits per heavy atom. The second kappa shape index (κ2) is 6.53. The number of carbonyl (C=O) groups is 2. The van der Waals surface area contributed by atoms with E-state index in [4.69, 9.17) is 28.4 Å². The molecule has 0 spiro atoms. The van der Waals surface area contributed by atoms with Crippen LogP contribution in [-0.2, 0) is 19.1 Å². The molecule has 2 aromatic carbocycles. The predicted molar refractivity (Wildman–Crippen MR) is 98.2 cm³/mol. The molecular formula is C21H18O9. The lowest BCUT2D eigenvalue weighted by molar-refractivity contribution is -0.165. The molecule has 0 amide bonds. The van der Waals surface area contributed by atoms with Gasteiger partial charge in [0.2, 0.25) is 12.4 Å². The van der Waals surface area contributed by atoms with Crippen molar-refractivity contribution in [2.45, 2.75) is 17.8 Å². The van der Waals surface area contributed by atoms with Gasteiger partial charge in [0.1, 0.15) is 12.0 Å². The number of carbonyl (C=O) groups excluding carboxylic acids is 2. The maximum absolute atomic E-state index is 12.8. The van der Waals surface area contributed by atoms with Gasteiger partial charge in [-0.25, -0.2) is 4.79 Å². The quantitative estimate of drug-likeness (QED) is 0.747. The van der Waals surface area contributed by atoms with Gasteiger partial charge in [-0.05, 0) is 35.4 Å². The highest BCUT2D eigenvalue weighted by Gasteiger charge is 2.71. The van der Waals surface area contributed by atoms with Gasteiger partial charge < -0.3 is 33.5 Å². The van der Waals surface area contributed by atoms with Crippen molar-refractivity contribution in [3.05, 3.63) is 47.5 Å². The first-order chi connectivity index (χ1) is 14.5. The number of hydrogen-bond acceptors (Lipinski definition) is 9. The maximum atomic E-state index is 12.8. The van der Waals surface area contributed by atoms with Gasteiger partial charge >= 0.3 is 11.9 Å². The fraction of sp³-hybridized carbons (Fsp3) is 0.333. The fourth-order valence-electron chi connectivity index (χ4n) is 4.18. The van der Waals surface area contributed by atoms with E-state index in [9.17, 15) is 14.7 Å². The smallest absolute Gasteiger partial charge is 0.344 e. The number of cyclic esters (lactones) is 2. The van der Waals surface area contributed by atoms with E-state index < -0.39 is 35.7 Å². The van der Waals surface area contributed by atoms with Gasteiger partial charge in [0.05, 0.1) is 14.2 Å². The monoisotopic (exact) mass is 414 g/mol. The Kier molecular flexibility index (Phi) is 4.04. The van der Waals surface area contributed by atoms with Crippen molar-refractivity contribution in [1.82, 2.24) is 0 Å². The Labute approximate surface area is 171 Å². The molecule has 0 unspecified atom stereocenters. The topological polar surface area (TPSA) is 110 Å². The molecule has 2 aromatic rings. The lowest BCUT2D eigenvalue weighted by atomic mass is 9.80. The van der Waals surface area contributed by atoms with Crippen LogP contribution < -0.4 is 18.9 Å². The van der Waals surface area contributed by atoms with E-state index in [1.54, 1.807) is 36.4 Å². The molecule has 0 saturated carbocycles. The van der Waals surface area contributed by atoms with E-state index in [0.29, 0.717) is 34.1 Å². The molecule has 3 aliphatic rings. The van der Waals surface area contributed by atoms with E-state index in [0.717, 1.165) is 0 Å². The van der Waals surface area contributed by atoms with Crippen molar-refractivity contribution < 1.29 is 43.1 Å². The molecule has 2 fully saturated rings. The summed E-state index contributed by atoms with van der Waals surface area (Å²) in [5.74, 6) is -1.04. The average Bonchev–Trinajstić information content (AvgIpc) is 3.41. The molecule has 3 aliphatic heterocycles. The number of methoxy groups -OCH3 is 2. The molecule has 30 heavy (non-hydrogen) atoms. The number of esters is 2. The zero-order chi connectivity index (χ0) is 21.0. The van der Waals surface area contributed by atoms with Crippen LogP contribution in [0.1, 0.15) is 23.3 Å². The minimum absolute atomic E-state index is 0.0834. The normalized spacial score (nSPS) is 28.7. The fourth-order valence-corrected chi connectivity index (χ4v) is 4.18. The van der Waals surface area contributed by atoms with Crippen LogP contribution in [0, 0.1) is 5.92 Å². The molecule has 0 aliphatic carbocycles. The number of hydrogen-bond donors (Lipinski definition) is 1. The van der Waals surface area contributed by atoms with Gasteiger partial charge in [0.15, 0.2) is 29.1 Å². The molecule has 0 aromatic heterocycles. The van der Waals surface area contributed by atoms with Crippen molar-refractivity contribution in [2.75, 3.05) is 21.0 Å². The van der Waals surface area contributed by atoms with Crippen molar-refractivity contribution >= 4 is 11.9 Å². The first kappa shape index (κ1) is 18.6. The molecular weight excluding hydrogens is 396 g/mol. The van der Waals surface area contributed by atoms with Crippen molar-refractivity contribution in [1.29, 1.82) is 0 Å². The number of benzene rings is 2. The number of rotatable bonds is 4. The Morgan fingerprint density at radius 2 is 1.67 bits per heavy atom. The molecule has 2 saturated heterocycles. The van der Waals surface area contributed by atoms with E-state index >= 15 is 0 Å². The first-order valence-electron chi connectivity index (χ1n) is 9.22. The highest BCUT2D eigenvalue weighted by atomic mass is 16.7. The van der Waals surface area contributed by atoms with E-state index in [2.05, 4.69) is 0 Å². The third-order valence-electron chi connectivity index (χ3n) is 5.66. The van der Waals surface area contributed by atoms with Crippen LogP contribution in [-0.4, -0.2) is 43.7 Å². The van der Waals surface area contributed by atoms with E-state index in [1.807, 2.05) is 0 Å². The third-order valence-corrected chi connectivity index (χ3v) is 5.66. The van der Waals surface area contributed by atoms with E-state index in [1.165, 1.54) is 14.2 Å². The summed E-state index contributed by atoms with van der Waals surface area (Å²) >= 11 is 0. The summed E-state index contributed by atoms with van der Waals surface area (Å²) in [6, 6.07) is 9.71. The maximum Gasteiger partial charge on any atom is 0.344 e. The highest BCUT2D eigenvalue weighted by molar-refractivity contribution is 5.95. The average molecular weight is 414 g/mol. The molecule has 5 rings (SSSR count). The number of ether oxygens (including phenoxy) is 6. The molecule has 156 valence electrons. The Balaban J connectivity index is 1.53. The van der Waals surface area contributed by atoms with Gasteiger partial charge in [-0.1, -0.05) is 12.1 Å². The zero-order valence-corrected chi connectivity index (χ0v) is 16.1. The molecule has 1 N–H and O–H groups in total. The standard InChI is InChI=1S/C21H18O9/c1-25-12-5-4-11(8-14(12)26-2)18-21(24)16(19(22)30-18)17(29-20(21)23)10-3-6-13-15(7-10)28-9-27-13/h3-8,16-18,24H,9H2,1-2H3/t16-,17-,18+,21+/m0/s1. The largest absolute Gasteiger partial charge is 0.493 e. The molecule has 0 bridgehead atoms. The van der Waals surface area contributed by atoms with Crippen LogP contribution in [0.15, 0.2) is 36.4 Å². The summed E-state index contributed by atoms with van der Waals surface area (Å²) in [5.41, 5.74) is -1.30. The van der Waals surface area contributed by atoms with Gasteiger partial charge in [-0.15, -0.1) is 0 Å². The summed E-state index contributed by atoms with van der Waals surface area (Å²) in [5, 5.41) is 11.4. The van der Waals surface area contributed by atoms with Crippen LogP contribution in [0.25, 0.3) is 0 Å². The predicted octanol–water partition coefficient (Wildman–Crippen LogP) is 1.68. The Bertz CT molecular complexity index is 1050. The van der Waals surface area contributed by atoms with Gasteiger partial charge in [-0.2, -0.15) is 0 Å². The summed E-state index contributed by atoms with van der Waals surface area (Å²) in [7, 11) is 2.94. The lowest BCUT2D eigenvalue weighted by Crippen LogP contribution is -2.43. The molecule has 3 heterocycles. The first-order valence-corrected chi connectivity index (χ1v) is 9.22. The minimum Gasteiger partial charge on any atom is -0.493 e. The number of aliphatic hydroxyl groups is 1. The van der Waals surface area contributed by atoms with Crippen LogP contribution in [0.3, 0.4) is 0 Å². The third kappa shape index (κ3) is 2.45. The Hall–Kier alpha value is -3.46. The van der Waals surface area contributed by atoms with E-state index in [-0.39, 0.29) is 6.79 Å². The Morgan fingerprint density at radius 1 is 0.933 bits per heavy atom. The van der Waals surface area contributed by atoms with Crippen LogP contribution in [0.4, 0.5) is 0 Å². The summed E-state index contributed by atoms with van der Waals surface area (Å²) in [6.45, 7) is 0.0834. The second-order valence-electron chi connectivity index (χ2n) is 7.17. The summed E-state index contributed by atoms with van der Waals surface area (Å²) < 4.78 is 32.1. The number of fused-ring (bicyclic) bond motifs is 2. The molecule has 9 heteroatoms. The lowest BCUT2D eigenvalue weighted by Gasteiger charge is -2.23. The van der Waals surface area contributed by atoms with Crippen LogP contribution >= 0.6 is 0 Å². The molecule has 4 atom stereocenters. The SMILES string of the molecule is COc1ccc([C@H]2OC(=O)[C@@H]3[C@H](c4ccc5c(c4)OCO5)OC(=O)[C@]23O)cc1OC. The second-order valence-corrected chi connectivity index (χ2v) is 7.17. The van der Waals surface area contributed by atoms with Crippen molar-refractivity contribution in [3.8, 4) is 23.0 Å². The van der Waals surface area contributed by atoms with Gasteiger partial charge in [0, 0.05) is 0 Å². The van der Waals surface area contributed by atoms with Crippen LogP contribution in [0.2, 0.25) is 0 Å². The van der Waals surface area contributed by atoms with Crippen LogP contribution in [0.5, 0.6) is 23.0 Å². The van der Waals surface area contributed by atoms with Crippen molar-refractivity contribution in [3.63, 3.8) is 0 Å². The van der Waals surface area contributed by atoms with Gasteiger partial charge in [-0.3, -0.25) is 4.79 Å². The molecule has 9 nitrogen and oxygen atoms in total. The highest BCUT2D eigenvalue weighted by Crippen LogP contribution is 2.55. The summed E-state index contributed by atoms with van der Waals surface area (Å²) in [4.78, 5) is 25.5. The summed E-state index contributed by atoms with van der Waals surface area (Å²) in [6.07, 6.45) is -2.27.